The molecule has 0 bridgehead atoms. The number of fused-ring (bicyclic) bond motifs is 3. The van der Waals surface area contributed by atoms with Crippen LogP contribution < -0.4 is 14.2 Å². The van der Waals surface area contributed by atoms with E-state index in [1.54, 1.807) is 18.2 Å². The van der Waals surface area contributed by atoms with Crippen LogP contribution in [0.25, 0.3) is 11.0 Å². The molecule has 210 valence electrons. The van der Waals surface area contributed by atoms with Gasteiger partial charge in [-0.1, -0.05) is 64.4 Å². The largest absolute Gasteiger partial charge is 0.505 e. The number of hydrogen-bond acceptors (Lipinski definition) is 9. The number of aromatic hydroxyl groups is 1. The zero-order valence-corrected chi connectivity index (χ0v) is 22.6. The number of carbonyl (C=O) groups excluding carboxylic acids is 3. The number of esters is 1. The van der Waals surface area contributed by atoms with Gasteiger partial charge in [-0.3, -0.25) is 19.3 Å². The molecule has 10 nitrogen and oxygen atoms in total. The maximum atomic E-state index is 13.6. The molecule has 0 aliphatic carbocycles. The highest BCUT2D eigenvalue weighted by Crippen LogP contribution is 2.43. The predicted molar refractivity (Wildman–Crippen MR) is 145 cm³/mol. The first-order valence-electron chi connectivity index (χ1n) is 13.9. The zero-order chi connectivity index (χ0) is 28.1. The van der Waals surface area contributed by atoms with Crippen LogP contribution in [0.15, 0.2) is 30.6 Å². The second kappa shape index (κ2) is 12.3. The molecule has 0 radical (unpaired) electrons. The maximum Gasteiger partial charge on any atom is 0.311 e. The van der Waals surface area contributed by atoms with Gasteiger partial charge in [0.2, 0.25) is 6.79 Å². The Morgan fingerprint density at radius 2 is 1.55 bits per heavy atom. The molecule has 5 rings (SSSR count). The molecule has 0 unspecified atom stereocenters. The predicted octanol–water partition coefficient (Wildman–Crippen LogP) is 5.69. The normalized spacial score (nSPS) is 13.8. The van der Waals surface area contributed by atoms with Crippen LogP contribution in [0.3, 0.4) is 0 Å². The number of aromatic nitrogens is 2. The number of ether oxygens (including phenoxy) is 3. The van der Waals surface area contributed by atoms with Crippen LogP contribution in [0, 0.1) is 0 Å². The lowest BCUT2D eigenvalue weighted by atomic mass is 10.0. The van der Waals surface area contributed by atoms with E-state index in [-0.39, 0.29) is 47.7 Å². The smallest absolute Gasteiger partial charge is 0.311 e. The van der Waals surface area contributed by atoms with Crippen molar-refractivity contribution >= 4 is 28.8 Å². The van der Waals surface area contributed by atoms with E-state index >= 15 is 0 Å². The van der Waals surface area contributed by atoms with E-state index < -0.39 is 23.5 Å². The first-order chi connectivity index (χ1) is 19.5. The minimum atomic E-state index is -0.709. The molecular weight excluding hydrogens is 514 g/mol. The van der Waals surface area contributed by atoms with Gasteiger partial charge in [-0.25, -0.2) is 9.97 Å². The van der Waals surface area contributed by atoms with Crippen molar-refractivity contribution in [2.75, 3.05) is 6.79 Å². The molecule has 2 amide bonds. The second-order valence-electron chi connectivity index (χ2n) is 10.1. The molecule has 0 atom stereocenters. The van der Waals surface area contributed by atoms with E-state index in [9.17, 15) is 19.5 Å². The summed E-state index contributed by atoms with van der Waals surface area (Å²) in [5.74, 6) is -1.45. The number of benzene rings is 2. The lowest BCUT2D eigenvalue weighted by Crippen LogP contribution is -2.29. The summed E-state index contributed by atoms with van der Waals surface area (Å²) in [6.45, 7) is 2.22. The summed E-state index contributed by atoms with van der Waals surface area (Å²) in [7, 11) is 0. The van der Waals surface area contributed by atoms with E-state index in [1.807, 2.05) is 0 Å². The molecule has 40 heavy (non-hydrogen) atoms. The summed E-state index contributed by atoms with van der Waals surface area (Å²) in [5, 5.41) is 10.9. The summed E-state index contributed by atoms with van der Waals surface area (Å²) in [6, 6.07) is 5.12. The minimum absolute atomic E-state index is 0.0156. The highest BCUT2D eigenvalue weighted by molar-refractivity contribution is 6.26. The van der Waals surface area contributed by atoms with E-state index in [2.05, 4.69) is 16.9 Å². The molecule has 2 aromatic carbocycles. The van der Waals surface area contributed by atoms with Gasteiger partial charge in [0.05, 0.1) is 6.54 Å². The highest BCUT2D eigenvalue weighted by atomic mass is 16.7. The summed E-state index contributed by atoms with van der Waals surface area (Å²) >= 11 is 0. The Bertz CT molecular complexity index is 1440. The van der Waals surface area contributed by atoms with Crippen LogP contribution in [0.1, 0.15) is 97.4 Å². The van der Waals surface area contributed by atoms with Crippen LogP contribution in [-0.4, -0.2) is 44.6 Å². The number of hydrogen-bond donors (Lipinski definition) is 1. The molecule has 2 aliphatic rings. The fourth-order valence-corrected chi connectivity index (χ4v) is 5.13. The van der Waals surface area contributed by atoms with Gasteiger partial charge in [0.25, 0.3) is 11.8 Å². The fraction of sp³-hybridized carbons (Fsp3) is 0.433. The van der Waals surface area contributed by atoms with Crippen LogP contribution in [0.4, 0.5) is 0 Å². The molecule has 3 aromatic rings. The lowest BCUT2D eigenvalue weighted by Gasteiger charge is -2.14. The van der Waals surface area contributed by atoms with Crippen molar-refractivity contribution < 1.29 is 33.7 Å². The van der Waals surface area contributed by atoms with Gasteiger partial charge in [0.1, 0.15) is 22.2 Å². The zero-order valence-electron chi connectivity index (χ0n) is 22.6. The number of phenolic OH excluding ortho intramolecular Hbond substituents is 1. The SMILES string of the molecule is CCCCCCCCCCCC(=O)Oc1c2c(c(O)c3nccnc13)C(=O)N(Cc1ccc3c(c1)OCO3)C2=O. The average Bonchev–Trinajstić information content (AvgIpc) is 3.52. The fourth-order valence-electron chi connectivity index (χ4n) is 5.13. The van der Waals surface area contributed by atoms with Crippen molar-refractivity contribution in [1.29, 1.82) is 0 Å². The van der Waals surface area contributed by atoms with E-state index in [0.717, 1.165) is 24.2 Å². The monoisotopic (exact) mass is 547 g/mol. The van der Waals surface area contributed by atoms with Gasteiger partial charge in [-0.15, -0.1) is 0 Å². The summed E-state index contributed by atoms with van der Waals surface area (Å²) in [4.78, 5) is 49.2. The maximum absolute atomic E-state index is 13.6. The Morgan fingerprint density at radius 1 is 0.900 bits per heavy atom. The topological polar surface area (TPSA) is 128 Å². The van der Waals surface area contributed by atoms with Crippen LogP contribution in [0.5, 0.6) is 23.0 Å². The number of rotatable bonds is 13. The van der Waals surface area contributed by atoms with Crippen LogP contribution >= 0.6 is 0 Å². The Hall–Kier alpha value is -4.21. The van der Waals surface area contributed by atoms with Gasteiger partial charge in [-0.05, 0) is 24.1 Å². The lowest BCUT2D eigenvalue weighted by molar-refractivity contribution is -0.134. The Morgan fingerprint density at radius 3 is 2.30 bits per heavy atom. The Labute approximate surface area is 232 Å². The number of phenols is 1. The van der Waals surface area contributed by atoms with Crippen molar-refractivity contribution in [1.82, 2.24) is 14.9 Å². The van der Waals surface area contributed by atoms with Crippen LogP contribution in [0.2, 0.25) is 0 Å². The number of imide groups is 1. The van der Waals surface area contributed by atoms with Crippen molar-refractivity contribution in [2.45, 2.75) is 77.7 Å². The third-order valence-corrected chi connectivity index (χ3v) is 7.25. The van der Waals surface area contributed by atoms with Gasteiger partial charge in [0.15, 0.2) is 23.0 Å². The first-order valence-corrected chi connectivity index (χ1v) is 13.9. The van der Waals surface area contributed by atoms with E-state index in [1.165, 1.54) is 44.5 Å². The number of unbranched alkanes of at least 4 members (excludes halogenated alkanes) is 8. The molecule has 0 saturated heterocycles. The molecular formula is C30H33N3O7. The van der Waals surface area contributed by atoms with Crippen molar-refractivity contribution in [3.05, 3.63) is 47.3 Å². The number of carbonyl (C=O) groups is 3. The number of nitrogens with zero attached hydrogens (tertiary/aromatic N) is 3. The standard InChI is InChI=1S/C30H33N3O7/c1-2-3-4-5-6-7-8-9-10-11-22(34)40-28-24-23(27(35)25-26(28)32-15-14-31-25)29(36)33(30(24)37)17-19-12-13-20-21(16-19)39-18-38-20/h12-16,35H,2-11,17-18H2,1H3. The van der Waals surface area contributed by atoms with Crippen LogP contribution in [-0.2, 0) is 11.3 Å². The summed E-state index contributed by atoms with van der Waals surface area (Å²) < 4.78 is 16.4. The quantitative estimate of drug-likeness (QED) is 0.124. The average molecular weight is 548 g/mol. The summed E-state index contributed by atoms with van der Waals surface area (Å²) in [6.07, 6.45) is 12.8. The Kier molecular flexibility index (Phi) is 8.42. The molecule has 0 saturated carbocycles. The molecule has 0 spiro atoms. The van der Waals surface area contributed by atoms with Gasteiger partial charge < -0.3 is 19.3 Å². The molecule has 1 aromatic heterocycles. The first kappa shape index (κ1) is 27.4. The van der Waals surface area contributed by atoms with E-state index in [4.69, 9.17) is 14.2 Å². The van der Waals surface area contributed by atoms with E-state index in [0.29, 0.717) is 23.5 Å². The van der Waals surface area contributed by atoms with Crippen molar-refractivity contribution in [2.24, 2.45) is 0 Å². The molecule has 2 aliphatic heterocycles. The Balaban J connectivity index is 1.31. The molecule has 1 N–H and O–H groups in total. The third-order valence-electron chi connectivity index (χ3n) is 7.25. The molecule has 3 heterocycles. The molecule has 10 heteroatoms. The second-order valence-corrected chi connectivity index (χ2v) is 10.1. The molecule has 0 fully saturated rings. The third kappa shape index (κ3) is 5.57. The van der Waals surface area contributed by atoms with Gasteiger partial charge in [-0.2, -0.15) is 0 Å². The van der Waals surface area contributed by atoms with Gasteiger partial charge in [0, 0.05) is 18.8 Å². The summed E-state index contributed by atoms with van der Waals surface area (Å²) in [5.41, 5.74) is 0.229. The highest BCUT2D eigenvalue weighted by Gasteiger charge is 2.43. The van der Waals surface area contributed by atoms with Crippen molar-refractivity contribution in [3.8, 4) is 23.0 Å². The number of amides is 2. The minimum Gasteiger partial charge on any atom is -0.505 e. The van der Waals surface area contributed by atoms with Crippen molar-refractivity contribution in [3.63, 3.8) is 0 Å². The van der Waals surface area contributed by atoms with Gasteiger partial charge >= 0.3 is 5.97 Å².